The number of anilines is 1. The molecule has 1 aliphatic carbocycles. The van der Waals surface area contributed by atoms with Gasteiger partial charge in [-0.15, -0.1) is 0 Å². The Hall–Kier alpha value is -3.57. The number of nitrogens with zero attached hydrogens (tertiary/aromatic N) is 3. The van der Waals surface area contributed by atoms with E-state index in [4.69, 9.17) is 9.40 Å². The Morgan fingerprint density at radius 1 is 1.07 bits per heavy atom. The molecule has 2 aromatic heterocycles. The Morgan fingerprint density at radius 2 is 1.85 bits per heavy atom. The summed E-state index contributed by atoms with van der Waals surface area (Å²) < 4.78 is 5.45. The molecule has 0 spiro atoms. The molecule has 0 radical (unpaired) electrons. The Morgan fingerprint density at radius 3 is 2.55 bits per heavy atom. The van der Waals surface area contributed by atoms with E-state index in [1.807, 2.05) is 30.3 Å². The van der Waals surface area contributed by atoms with Crippen molar-refractivity contribution in [3.63, 3.8) is 0 Å². The van der Waals surface area contributed by atoms with Crippen molar-refractivity contribution in [2.75, 3.05) is 18.9 Å². The average molecular weight is 565 g/mol. The molecule has 1 unspecified atom stereocenters. The monoisotopic (exact) mass is 564 g/mol. The van der Waals surface area contributed by atoms with Gasteiger partial charge in [-0.25, -0.2) is 9.97 Å². The molecule has 1 saturated heterocycles. The van der Waals surface area contributed by atoms with Crippen molar-refractivity contribution in [2.45, 2.75) is 70.0 Å². The van der Waals surface area contributed by atoms with E-state index >= 15 is 0 Å². The van der Waals surface area contributed by atoms with Crippen molar-refractivity contribution >= 4 is 34.1 Å². The highest BCUT2D eigenvalue weighted by Crippen LogP contribution is 2.38. The number of hydrogen-bond donors (Lipinski definition) is 3. The number of hydrogen-bond acceptors (Lipinski definition) is 8. The molecular formula is C29H36N6O4S. The fourth-order valence-electron chi connectivity index (χ4n) is 5.55. The minimum atomic E-state index is -0.642. The van der Waals surface area contributed by atoms with Crippen LogP contribution in [-0.2, 0) is 14.4 Å². The summed E-state index contributed by atoms with van der Waals surface area (Å²) in [5, 5.41) is 10.2. The van der Waals surface area contributed by atoms with Gasteiger partial charge < -0.3 is 25.3 Å². The zero-order chi connectivity index (χ0) is 28.1. The van der Waals surface area contributed by atoms with E-state index in [0.29, 0.717) is 34.6 Å². The third-order valence-corrected chi connectivity index (χ3v) is 8.84. The Bertz CT molecular complexity index is 1310. The van der Waals surface area contributed by atoms with Gasteiger partial charge in [0.25, 0.3) is 5.89 Å². The third-order valence-electron chi connectivity index (χ3n) is 7.88. The number of oxazole rings is 1. The predicted octanol–water partition coefficient (Wildman–Crippen LogP) is 4.07. The van der Waals surface area contributed by atoms with Crippen LogP contribution in [0.2, 0.25) is 0 Å². The van der Waals surface area contributed by atoms with Crippen LogP contribution in [0.15, 0.2) is 47.2 Å². The van der Waals surface area contributed by atoms with E-state index in [1.54, 1.807) is 25.1 Å². The molecule has 5 rings (SSSR count). The van der Waals surface area contributed by atoms with Crippen LogP contribution >= 0.6 is 11.3 Å². The second-order valence-electron chi connectivity index (χ2n) is 10.5. The SMILES string of the molecule is CN[C@@H](C)C(=O)NC(C(=O)N1CCC[C@H]1C(=O)Nc1sc(-c2ncco2)nc1-c1ccccc1)C1CCCCC1. The van der Waals surface area contributed by atoms with E-state index in [1.165, 1.54) is 17.6 Å². The zero-order valence-electron chi connectivity index (χ0n) is 22.9. The Kier molecular flexibility index (Phi) is 8.91. The van der Waals surface area contributed by atoms with Crippen LogP contribution in [0.5, 0.6) is 0 Å². The molecule has 3 amide bonds. The van der Waals surface area contributed by atoms with E-state index in [2.05, 4.69) is 20.9 Å². The number of benzene rings is 1. The highest BCUT2D eigenvalue weighted by Gasteiger charge is 2.41. The topological polar surface area (TPSA) is 129 Å². The molecule has 3 N–H and O–H groups in total. The molecule has 2 fully saturated rings. The summed E-state index contributed by atoms with van der Waals surface area (Å²) >= 11 is 1.29. The highest BCUT2D eigenvalue weighted by atomic mass is 32.1. The Labute approximate surface area is 238 Å². The van der Waals surface area contributed by atoms with Crippen molar-refractivity contribution in [1.82, 2.24) is 25.5 Å². The maximum atomic E-state index is 14.0. The second kappa shape index (κ2) is 12.7. The summed E-state index contributed by atoms with van der Waals surface area (Å²) in [4.78, 5) is 51.1. The first-order chi connectivity index (χ1) is 19.5. The quantitative estimate of drug-likeness (QED) is 0.357. The summed E-state index contributed by atoms with van der Waals surface area (Å²) in [7, 11) is 1.72. The first kappa shape index (κ1) is 28.0. The lowest BCUT2D eigenvalue weighted by atomic mass is 9.83. The van der Waals surface area contributed by atoms with E-state index in [0.717, 1.165) is 44.1 Å². The van der Waals surface area contributed by atoms with Crippen molar-refractivity contribution in [2.24, 2.45) is 5.92 Å². The number of amides is 3. The molecule has 11 heteroatoms. The first-order valence-electron chi connectivity index (χ1n) is 14.0. The minimum absolute atomic E-state index is 0.0631. The van der Waals surface area contributed by atoms with Crippen molar-refractivity contribution in [1.29, 1.82) is 0 Å². The largest absolute Gasteiger partial charge is 0.443 e. The van der Waals surface area contributed by atoms with Crippen molar-refractivity contribution in [3.8, 4) is 22.2 Å². The van der Waals surface area contributed by atoms with Crippen LogP contribution in [0, 0.1) is 5.92 Å². The number of aromatic nitrogens is 2. The van der Waals surface area contributed by atoms with Crippen LogP contribution in [0.1, 0.15) is 51.9 Å². The van der Waals surface area contributed by atoms with Crippen LogP contribution in [0.3, 0.4) is 0 Å². The van der Waals surface area contributed by atoms with E-state index in [-0.39, 0.29) is 23.6 Å². The molecule has 2 aliphatic rings. The molecule has 3 heterocycles. The van der Waals surface area contributed by atoms with Crippen molar-refractivity contribution in [3.05, 3.63) is 42.8 Å². The summed E-state index contributed by atoms with van der Waals surface area (Å²) in [6.45, 7) is 2.25. The van der Waals surface area contributed by atoms with Gasteiger partial charge in [-0.3, -0.25) is 14.4 Å². The number of likely N-dealkylation sites (tertiary alicyclic amines) is 1. The molecule has 3 atom stereocenters. The van der Waals surface area contributed by atoms with Crippen LogP contribution in [-0.4, -0.2) is 64.3 Å². The number of carbonyl (C=O) groups excluding carboxylic acids is 3. The molecule has 0 bridgehead atoms. The van der Waals surface area contributed by atoms with Gasteiger partial charge in [0.15, 0.2) is 5.01 Å². The first-order valence-corrected chi connectivity index (χ1v) is 14.8. The van der Waals surface area contributed by atoms with Gasteiger partial charge in [-0.1, -0.05) is 60.9 Å². The van der Waals surface area contributed by atoms with Gasteiger partial charge in [0.1, 0.15) is 29.0 Å². The summed E-state index contributed by atoms with van der Waals surface area (Å²) in [6, 6.07) is 7.91. The second-order valence-corrected chi connectivity index (χ2v) is 11.5. The fourth-order valence-corrected chi connectivity index (χ4v) is 6.48. The number of likely N-dealkylation sites (N-methyl/N-ethyl adjacent to an activating group) is 1. The maximum absolute atomic E-state index is 14.0. The van der Waals surface area contributed by atoms with Crippen LogP contribution in [0.4, 0.5) is 5.00 Å². The summed E-state index contributed by atoms with van der Waals surface area (Å²) in [5.74, 6) is -0.199. The predicted molar refractivity (Wildman–Crippen MR) is 153 cm³/mol. The van der Waals surface area contributed by atoms with Gasteiger partial charge in [-0.05, 0) is 45.6 Å². The molecule has 3 aromatic rings. The molecular weight excluding hydrogens is 528 g/mol. The lowest BCUT2D eigenvalue weighted by Gasteiger charge is -2.35. The molecule has 1 aromatic carbocycles. The number of rotatable bonds is 9. The molecule has 1 saturated carbocycles. The normalized spacial score (nSPS) is 19.2. The lowest BCUT2D eigenvalue weighted by molar-refractivity contribution is -0.142. The van der Waals surface area contributed by atoms with E-state index in [9.17, 15) is 14.4 Å². The number of carbonyl (C=O) groups is 3. The van der Waals surface area contributed by atoms with Crippen LogP contribution < -0.4 is 16.0 Å². The molecule has 212 valence electrons. The maximum Gasteiger partial charge on any atom is 0.255 e. The van der Waals surface area contributed by atoms with Gasteiger partial charge >= 0.3 is 0 Å². The van der Waals surface area contributed by atoms with Gasteiger partial charge in [0.2, 0.25) is 17.7 Å². The smallest absolute Gasteiger partial charge is 0.255 e. The fraction of sp³-hybridized carbons (Fsp3) is 0.483. The van der Waals surface area contributed by atoms with Crippen molar-refractivity contribution < 1.29 is 18.8 Å². The number of thiazole rings is 1. The van der Waals surface area contributed by atoms with Gasteiger partial charge in [-0.2, -0.15) is 0 Å². The molecule has 40 heavy (non-hydrogen) atoms. The highest BCUT2D eigenvalue weighted by molar-refractivity contribution is 7.19. The average Bonchev–Trinajstić information content (AvgIpc) is 3.77. The third kappa shape index (κ3) is 6.10. The molecule has 1 aliphatic heterocycles. The standard InChI is InChI=1S/C29H36N6O4S/c1-18(30-2)24(36)32-23(20-12-7-4-8-13-20)29(38)35-16-9-14-21(35)25(37)34-27-22(19-10-5-3-6-11-19)33-28(40-27)26-31-15-17-39-26/h3,5-6,10-11,15,17-18,20-21,23,30H,4,7-9,12-14,16H2,1-2H3,(H,32,36)(H,34,37)/t18-,21-,23?/m0/s1. The van der Waals surface area contributed by atoms with Gasteiger partial charge in [0.05, 0.1) is 12.2 Å². The number of nitrogens with one attached hydrogen (secondary N) is 3. The summed E-state index contributed by atoms with van der Waals surface area (Å²) in [5.41, 5.74) is 1.47. The van der Waals surface area contributed by atoms with E-state index < -0.39 is 18.1 Å². The summed E-state index contributed by atoms with van der Waals surface area (Å²) in [6.07, 6.45) is 9.31. The van der Waals surface area contributed by atoms with Crippen LogP contribution in [0.25, 0.3) is 22.2 Å². The minimum Gasteiger partial charge on any atom is -0.443 e. The Balaban J connectivity index is 1.38. The zero-order valence-corrected chi connectivity index (χ0v) is 23.7. The molecule has 10 nitrogen and oxygen atoms in total. The van der Waals surface area contributed by atoms with Gasteiger partial charge in [0, 0.05) is 12.1 Å². The lowest BCUT2D eigenvalue weighted by Crippen LogP contribution is -2.57.